The number of fused-ring (bicyclic) bond motifs is 13. The zero-order chi connectivity index (χ0) is 31.8. The third kappa shape index (κ3) is 3.62. The molecule has 0 heterocycles. The molecule has 0 fully saturated rings. The molecule has 1 spiro atoms. The van der Waals surface area contributed by atoms with Crippen LogP contribution in [0.15, 0.2) is 170 Å². The van der Waals surface area contributed by atoms with Crippen LogP contribution in [-0.2, 0) is 11.8 Å². The SMILES string of the molecule is CCc1ccc(N(c2ccccc2)c2cc3c(c4ccccc24)-c2cc4ccccc4cc2C32c3ccccc3-c3ccccc32)cc1. The van der Waals surface area contributed by atoms with Gasteiger partial charge < -0.3 is 4.90 Å². The van der Waals surface area contributed by atoms with Crippen molar-refractivity contribution in [2.75, 3.05) is 4.90 Å². The average molecular weight is 612 g/mol. The molecule has 0 bridgehead atoms. The maximum Gasteiger partial charge on any atom is 0.0726 e. The number of aryl methyl sites for hydroxylation is 1. The fraction of sp³-hybridized carbons (Fsp3) is 0.0638. The Morgan fingerprint density at radius 3 is 1.69 bits per heavy atom. The molecule has 2 aliphatic carbocycles. The summed E-state index contributed by atoms with van der Waals surface area (Å²) >= 11 is 0. The van der Waals surface area contributed by atoms with Crippen LogP contribution >= 0.6 is 0 Å². The van der Waals surface area contributed by atoms with Gasteiger partial charge in [0.05, 0.1) is 11.1 Å². The van der Waals surface area contributed by atoms with Crippen molar-refractivity contribution in [3.63, 3.8) is 0 Å². The maximum absolute atomic E-state index is 2.53. The van der Waals surface area contributed by atoms with Gasteiger partial charge in [-0.2, -0.15) is 0 Å². The van der Waals surface area contributed by atoms with E-state index in [0.717, 1.165) is 17.8 Å². The molecule has 0 atom stereocenters. The second-order valence-electron chi connectivity index (χ2n) is 13.1. The highest BCUT2D eigenvalue weighted by atomic mass is 15.1. The van der Waals surface area contributed by atoms with Crippen molar-refractivity contribution in [2.24, 2.45) is 0 Å². The largest absolute Gasteiger partial charge is 0.310 e. The zero-order valence-corrected chi connectivity index (χ0v) is 26.8. The number of benzene rings is 8. The van der Waals surface area contributed by atoms with E-state index in [1.807, 2.05) is 0 Å². The highest BCUT2D eigenvalue weighted by Crippen LogP contribution is 2.65. The predicted octanol–water partition coefficient (Wildman–Crippen LogP) is 12.4. The molecule has 8 aromatic rings. The van der Waals surface area contributed by atoms with Crippen LogP contribution in [0, 0.1) is 0 Å². The molecule has 0 unspecified atom stereocenters. The maximum atomic E-state index is 2.53. The number of rotatable bonds is 4. The van der Waals surface area contributed by atoms with Crippen molar-refractivity contribution in [2.45, 2.75) is 18.8 Å². The minimum absolute atomic E-state index is 0.449. The molecule has 8 aromatic carbocycles. The van der Waals surface area contributed by atoms with E-state index in [0.29, 0.717) is 0 Å². The van der Waals surface area contributed by atoms with Gasteiger partial charge in [-0.1, -0.05) is 134 Å². The van der Waals surface area contributed by atoms with E-state index in [2.05, 4.69) is 182 Å². The van der Waals surface area contributed by atoms with Gasteiger partial charge in [0.2, 0.25) is 0 Å². The van der Waals surface area contributed by atoms with Gasteiger partial charge in [0.25, 0.3) is 0 Å². The lowest BCUT2D eigenvalue weighted by molar-refractivity contribution is 0.795. The van der Waals surface area contributed by atoms with Crippen LogP contribution in [0.2, 0.25) is 0 Å². The van der Waals surface area contributed by atoms with Crippen LogP contribution < -0.4 is 4.90 Å². The molecule has 2 aliphatic rings. The lowest BCUT2D eigenvalue weighted by Gasteiger charge is -2.33. The van der Waals surface area contributed by atoms with Crippen molar-refractivity contribution >= 4 is 38.6 Å². The summed E-state index contributed by atoms with van der Waals surface area (Å²) in [6.45, 7) is 2.22. The number of para-hydroxylation sites is 1. The minimum atomic E-state index is -0.449. The van der Waals surface area contributed by atoms with Gasteiger partial charge >= 0.3 is 0 Å². The summed E-state index contributed by atoms with van der Waals surface area (Å²) in [5.41, 5.74) is 15.2. The smallest absolute Gasteiger partial charge is 0.0726 e. The third-order valence-electron chi connectivity index (χ3n) is 10.8. The normalized spacial score (nSPS) is 13.4. The zero-order valence-electron chi connectivity index (χ0n) is 26.8. The first-order chi connectivity index (χ1) is 23.8. The quantitative estimate of drug-likeness (QED) is 0.191. The van der Waals surface area contributed by atoms with E-state index in [1.54, 1.807) is 0 Å². The molecule has 0 amide bonds. The molecular formula is C47H33N. The summed E-state index contributed by atoms with van der Waals surface area (Å²) < 4.78 is 0. The number of nitrogens with zero attached hydrogens (tertiary/aromatic N) is 1. The molecule has 0 saturated heterocycles. The Morgan fingerprint density at radius 1 is 0.438 bits per heavy atom. The second kappa shape index (κ2) is 10.3. The van der Waals surface area contributed by atoms with Crippen molar-refractivity contribution in [3.05, 3.63) is 198 Å². The molecule has 0 aromatic heterocycles. The molecule has 10 rings (SSSR count). The summed E-state index contributed by atoms with van der Waals surface area (Å²) in [7, 11) is 0. The van der Waals surface area contributed by atoms with Gasteiger partial charge in [-0.05, 0) is 115 Å². The summed E-state index contributed by atoms with van der Waals surface area (Å²) in [4.78, 5) is 2.46. The first-order valence-corrected chi connectivity index (χ1v) is 17.0. The van der Waals surface area contributed by atoms with Gasteiger partial charge in [0.1, 0.15) is 0 Å². The number of anilines is 3. The van der Waals surface area contributed by atoms with E-state index in [4.69, 9.17) is 0 Å². The van der Waals surface area contributed by atoms with Crippen molar-refractivity contribution in [1.82, 2.24) is 0 Å². The van der Waals surface area contributed by atoms with Crippen LogP contribution in [0.5, 0.6) is 0 Å². The molecule has 0 N–H and O–H groups in total. The fourth-order valence-electron chi connectivity index (χ4n) is 8.73. The summed E-state index contributed by atoms with van der Waals surface area (Å²) in [6.07, 6.45) is 1.02. The summed E-state index contributed by atoms with van der Waals surface area (Å²) in [5.74, 6) is 0. The van der Waals surface area contributed by atoms with E-state index < -0.39 is 5.41 Å². The standard InChI is InChI=1S/C47H33N/c1-2-31-24-26-35(27-25-31)48(34-16-4-3-5-17-34)45-30-44-46(39-21-9-8-20-38(39)45)40-28-32-14-6-7-15-33(32)29-43(40)47(44)41-22-12-10-18-36(41)37-19-11-13-23-42(37)47/h3-30H,2H2,1H3. The molecule has 0 radical (unpaired) electrons. The highest BCUT2D eigenvalue weighted by Gasteiger charge is 2.52. The van der Waals surface area contributed by atoms with Crippen molar-refractivity contribution in [3.8, 4) is 22.3 Å². The van der Waals surface area contributed by atoms with Gasteiger partial charge in [-0.3, -0.25) is 0 Å². The topological polar surface area (TPSA) is 3.24 Å². The molecule has 1 heteroatoms. The van der Waals surface area contributed by atoms with Crippen molar-refractivity contribution in [1.29, 1.82) is 0 Å². The first-order valence-electron chi connectivity index (χ1n) is 17.0. The van der Waals surface area contributed by atoms with Gasteiger partial charge in [0, 0.05) is 16.8 Å². The Morgan fingerprint density at radius 2 is 1.00 bits per heavy atom. The lowest BCUT2D eigenvalue weighted by Crippen LogP contribution is -2.26. The van der Waals surface area contributed by atoms with Crippen LogP contribution in [-0.4, -0.2) is 0 Å². The summed E-state index contributed by atoms with van der Waals surface area (Å²) in [5, 5.41) is 5.08. The Kier molecular flexibility index (Phi) is 5.83. The summed E-state index contributed by atoms with van der Waals surface area (Å²) in [6, 6.07) is 63.5. The number of hydrogen-bond donors (Lipinski definition) is 0. The molecule has 0 saturated carbocycles. The highest BCUT2D eigenvalue weighted by molar-refractivity contribution is 6.13. The Hall–Kier alpha value is -5.92. The molecule has 1 nitrogen and oxygen atoms in total. The van der Waals surface area contributed by atoms with Gasteiger partial charge in [0.15, 0.2) is 0 Å². The molecular weight excluding hydrogens is 579 g/mol. The van der Waals surface area contributed by atoms with Crippen molar-refractivity contribution < 1.29 is 0 Å². The minimum Gasteiger partial charge on any atom is -0.310 e. The fourth-order valence-corrected chi connectivity index (χ4v) is 8.73. The van der Waals surface area contributed by atoms with E-state index >= 15 is 0 Å². The first kappa shape index (κ1) is 27.2. The monoisotopic (exact) mass is 611 g/mol. The van der Waals surface area contributed by atoms with E-state index in [9.17, 15) is 0 Å². The molecule has 226 valence electrons. The Labute approximate surface area is 281 Å². The Bertz CT molecular complexity index is 2500. The van der Waals surface area contributed by atoms with Gasteiger partial charge in [-0.15, -0.1) is 0 Å². The Balaban J connectivity index is 1.38. The van der Waals surface area contributed by atoms with Crippen LogP contribution in [0.25, 0.3) is 43.8 Å². The molecule has 48 heavy (non-hydrogen) atoms. The second-order valence-corrected chi connectivity index (χ2v) is 13.1. The van der Waals surface area contributed by atoms with Crippen LogP contribution in [0.3, 0.4) is 0 Å². The van der Waals surface area contributed by atoms with Crippen LogP contribution in [0.1, 0.15) is 34.7 Å². The van der Waals surface area contributed by atoms with E-state index in [-0.39, 0.29) is 0 Å². The molecule has 0 aliphatic heterocycles. The van der Waals surface area contributed by atoms with Gasteiger partial charge in [-0.25, -0.2) is 0 Å². The lowest BCUT2D eigenvalue weighted by atomic mass is 9.70. The third-order valence-corrected chi connectivity index (χ3v) is 10.8. The number of hydrogen-bond acceptors (Lipinski definition) is 1. The van der Waals surface area contributed by atoms with E-state index in [1.165, 1.54) is 77.3 Å². The average Bonchev–Trinajstić information content (AvgIpc) is 3.61. The van der Waals surface area contributed by atoms with Crippen LogP contribution in [0.4, 0.5) is 17.1 Å². The predicted molar refractivity (Wildman–Crippen MR) is 202 cm³/mol.